The number of methoxy groups -OCH3 is 1. The van der Waals surface area contributed by atoms with Gasteiger partial charge in [-0.05, 0) is 292 Å². The minimum atomic E-state index is 0.225. The summed E-state index contributed by atoms with van der Waals surface area (Å²) in [5, 5.41) is 38.5. The summed E-state index contributed by atoms with van der Waals surface area (Å²) in [5.41, 5.74) is 0.920. The molecule has 2 saturated carbocycles. The standard InChI is InChI=1S/C22H29OS.C21H29OS.C18H23OS.C13H19S.C12H16O2S.C10H12OS.C10H13S.C8H10ClS.C8H10OS.C8H11S/c1-2-4-10-18(9-3-1)17-23-21-13-14-22(24-15-7-8-16-24)20-12-6-5-11-19(20)21;1-4-5-14-22-19-12-13-21(18-10-7-6-9-17(18)19)23-15-8-11-20(23)16(2)3;1-2-3-12-19-17-10-11-18(20-13-6-7-14-20)16-9-5-4-8-15(16)17;1-14(12-8-4-2-5-9-12)13-10-6-3-7-11-13;1-9-7-10(15-5-3-4-6-15)8-11(14-2)12(9)13;11-9-3-5-10(6-4-9)12-7-1-2-8-12;1-2-6-10(7-3-1)11-8-4-5-9-11;1-10(7-9)8-5-3-2-4-6-8;1-10(2)8-5-3-7(9)4-6-8;1-9(2)8-6-4-3-5-7-8/h5-6,11-14,18H,1-4,7-10,15-17H2;6-7,9-10,12-13,16,20H,4-5,8,11,14-15H2,1-3H3;4-5,8-11H,2-3,6-7,12-14H2,1H3;2,4-5,8-9,13H,3,6-7,10-11H2,1H3;7-8H,3-6H2,1-2H3;3-6H,1-2,7-8H2;1-3,6-7H,4-5,8-9H2;2-6H,7H2,1H3;3-6H,1-2H3;3-7H,1-2H3/q4*+1;;;2*+1;;+1/p+3. The Hall–Kier alpha value is -6.97. The highest BCUT2D eigenvalue weighted by molar-refractivity contribution is 7.99. The molecule has 7 nitrogen and oxygen atoms in total. The maximum Gasteiger partial charge on any atom is 0.186 e. The van der Waals surface area contributed by atoms with Crippen molar-refractivity contribution in [2.45, 2.75) is 267 Å². The van der Waals surface area contributed by atoms with E-state index in [9.17, 15) is 5.11 Å². The molecule has 6 heterocycles. The lowest BCUT2D eigenvalue weighted by atomic mass is 10.0. The summed E-state index contributed by atoms with van der Waals surface area (Å²) in [7, 11) is 5.84. The number of phenolic OH excluding ortho intramolecular Hbond substituents is 3. The van der Waals surface area contributed by atoms with Crippen molar-refractivity contribution in [3.63, 3.8) is 0 Å². The van der Waals surface area contributed by atoms with Crippen LogP contribution < -0.4 is 18.9 Å². The highest BCUT2D eigenvalue weighted by atomic mass is 35.5. The van der Waals surface area contributed by atoms with E-state index < -0.39 is 0 Å². The summed E-state index contributed by atoms with van der Waals surface area (Å²) >= 11 is 5.70. The largest absolute Gasteiger partial charge is 0.508 e. The van der Waals surface area contributed by atoms with E-state index in [1.165, 1.54) is 281 Å². The van der Waals surface area contributed by atoms with Crippen LogP contribution in [-0.4, -0.2) is 159 Å². The first-order valence-corrected chi connectivity index (χ1v) is 72.3. The van der Waals surface area contributed by atoms with Crippen molar-refractivity contribution in [1.29, 1.82) is 0 Å². The van der Waals surface area contributed by atoms with Gasteiger partial charge in [0.25, 0.3) is 0 Å². The van der Waals surface area contributed by atoms with Crippen LogP contribution in [0.4, 0.5) is 0 Å². The van der Waals surface area contributed by atoms with Gasteiger partial charge in [0.1, 0.15) is 140 Å². The molecule has 8 fully saturated rings. The molecule has 0 bridgehead atoms. The minimum Gasteiger partial charge on any atom is -0.508 e. The van der Waals surface area contributed by atoms with Gasteiger partial charge < -0.3 is 34.3 Å². The monoisotopic (exact) mass is 2200 g/mol. The number of benzene rings is 13. The highest BCUT2D eigenvalue weighted by Gasteiger charge is 2.42. The summed E-state index contributed by atoms with van der Waals surface area (Å²) in [4.78, 5) is 14.7. The number of hydrogen-bond acceptors (Lipinski definition) is 7. The second-order valence-corrected chi connectivity index (χ2v) is 62.9. The first-order valence-electron chi connectivity index (χ1n) is 55.0. The molecule has 13 aromatic rings. The molecule has 794 valence electrons. The molecular weight excluding hydrogens is 2030 g/mol. The molecule has 0 aromatic heterocycles. The molecule has 13 aromatic carbocycles. The zero-order chi connectivity index (χ0) is 104. The normalized spacial score (nSPS) is 17.5. The third-order valence-electron chi connectivity index (χ3n) is 28.6. The van der Waals surface area contributed by atoms with Gasteiger partial charge in [-0.25, -0.2) is 0 Å². The summed E-state index contributed by atoms with van der Waals surface area (Å²) in [6, 6.07) is 102. The second kappa shape index (κ2) is 67.0. The smallest absolute Gasteiger partial charge is 0.186 e. The Kier molecular flexibility index (Phi) is 54.1. The van der Waals surface area contributed by atoms with E-state index in [4.69, 9.17) is 40.8 Å². The lowest BCUT2D eigenvalue weighted by Crippen LogP contribution is -2.23. The number of hydrogen-bond donors (Lipinski definition) is 3. The van der Waals surface area contributed by atoms with E-state index in [0.717, 1.165) is 83.0 Å². The van der Waals surface area contributed by atoms with E-state index >= 15 is 0 Å². The van der Waals surface area contributed by atoms with E-state index in [1.54, 1.807) is 55.9 Å². The zero-order valence-corrected chi connectivity index (χ0v) is 100. The van der Waals surface area contributed by atoms with Gasteiger partial charge >= 0.3 is 0 Å². The summed E-state index contributed by atoms with van der Waals surface area (Å²) < 4.78 is 23.6. The van der Waals surface area contributed by atoms with Crippen molar-refractivity contribution in [2.75, 3.05) is 133 Å². The van der Waals surface area contributed by atoms with Crippen LogP contribution in [0.25, 0.3) is 32.3 Å². The molecule has 0 amide bonds. The van der Waals surface area contributed by atoms with E-state index in [1.807, 2.05) is 43.3 Å². The molecule has 3 N–H and O–H groups in total. The van der Waals surface area contributed by atoms with Crippen LogP contribution in [0.5, 0.6) is 40.2 Å². The number of aromatic hydroxyl groups is 3. The summed E-state index contributed by atoms with van der Waals surface area (Å²) in [5.74, 6) is 21.4. The van der Waals surface area contributed by atoms with Crippen molar-refractivity contribution >= 4 is 153 Å². The Morgan fingerprint density at radius 2 is 0.689 bits per heavy atom. The number of ether oxygens (including phenoxy) is 4. The number of unbranched alkanes of at least 4 members (excludes halogenated alkanes) is 2. The van der Waals surface area contributed by atoms with Crippen LogP contribution in [0.1, 0.15) is 207 Å². The Bertz CT molecular complexity index is 5840. The predicted molar refractivity (Wildman–Crippen MR) is 668 cm³/mol. The fraction of sp³-hybridized carbons (Fsp3) is 0.446. The van der Waals surface area contributed by atoms with Gasteiger partial charge in [-0.15, -0.1) is 0 Å². The van der Waals surface area contributed by atoms with Crippen molar-refractivity contribution in [1.82, 2.24) is 0 Å². The molecule has 4 unspecified atom stereocenters. The van der Waals surface area contributed by atoms with Crippen LogP contribution in [0.2, 0.25) is 0 Å². The lowest BCUT2D eigenvalue weighted by molar-refractivity contribution is 0.236. The third kappa shape index (κ3) is 38.6. The fourth-order valence-electron chi connectivity index (χ4n) is 20.0. The molecule has 6 aliphatic heterocycles. The van der Waals surface area contributed by atoms with Gasteiger partial charge in [0.2, 0.25) is 0 Å². The molecule has 4 atom stereocenters. The fourth-order valence-corrected chi connectivity index (χ4v) is 39.7. The molecule has 2 aliphatic carbocycles. The van der Waals surface area contributed by atoms with Crippen molar-refractivity contribution in [3.8, 4) is 40.2 Å². The Morgan fingerprint density at radius 1 is 0.331 bits per heavy atom. The highest BCUT2D eigenvalue weighted by Crippen LogP contribution is 2.43. The lowest BCUT2D eigenvalue weighted by Gasteiger charge is -2.20. The number of alkyl halides is 1. The number of halogens is 1. The van der Waals surface area contributed by atoms with Crippen molar-refractivity contribution in [3.05, 3.63) is 297 Å². The van der Waals surface area contributed by atoms with Crippen LogP contribution in [0.15, 0.2) is 340 Å². The molecule has 6 saturated heterocycles. The van der Waals surface area contributed by atoms with Gasteiger partial charge in [-0.3, -0.25) is 0 Å². The van der Waals surface area contributed by atoms with Crippen molar-refractivity contribution in [2.24, 2.45) is 11.8 Å². The summed E-state index contributed by atoms with van der Waals surface area (Å²) in [6.45, 7) is 13.7. The van der Waals surface area contributed by atoms with E-state index in [2.05, 4.69) is 296 Å². The number of rotatable bonds is 25. The van der Waals surface area contributed by atoms with Gasteiger partial charge in [-0.2, -0.15) is 0 Å². The first kappa shape index (κ1) is 120. The van der Waals surface area contributed by atoms with E-state index in [0.29, 0.717) is 115 Å². The third-order valence-corrected chi connectivity index (χ3v) is 51.6. The molecular formula is C130H175ClO7S10+10. The number of phenols is 3. The van der Waals surface area contributed by atoms with Gasteiger partial charge in [-0.1, -0.05) is 212 Å². The molecule has 0 radical (unpaired) electrons. The van der Waals surface area contributed by atoms with Gasteiger partial charge in [0.05, 0.1) is 26.9 Å². The molecule has 21 rings (SSSR count). The Morgan fingerprint density at radius 3 is 1.11 bits per heavy atom. The molecule has 8 aliphatic rings. The van der Waals surface area contributed by atoms with Crippen LogP contribution in [0, 0.1) is 18.8 Å². The van der Waals surface area contributed by atoms with Gasteiger partial charge in [0, 0.05) is 166 Å². The second-order valence-electron chi connectivity index (χ2n) is 40.2. The Balaban J connectivity index is 0.000000149. The topological polar surface area (TPSA) is 97.6 Å². The predicted octanol–water partition coefficient (Wildman–Crippen LogP) is 33.3. The quantitative estimate of drug-likeness (QED) is 0.0227. The van der Waals surface area contributed by atoms with Crippen molar-refractivity contribution < 1.29 is 34.3 Å². The number of aryl methyl sites for hydroxylation is 1. The molecule has 18 heteroatoms. The summed E-state index contributed by atoms with van der Waals surface area (Å²) in [6.07, 6.45) is 50.2. The maximum absolute atomic E-state index is 9.74. The Labute approximate surface area is 927 Å². The van der Waals surface area contributed by atoms with Crippen LogP contribution in [0.3, 0.4) is 0 Å². The van der Waals surface area contributed by atoms with Gasteiger partial charge in [0.15, 0.2) is 65.7 Å². The van der Waals surface area contributed by atoms with Crippen LogP contribution in [-0.2, 0) is 109 Å². The average molecular weight is 2210 g/mol. The minimum absolute atomic E-state index is 0.225. The molecule has 0 spiro atoms. The first-order chi connectivity index (χ1) is 72.3. The average Bonchev–Trinajstić information content (AvgIpc) is 1.46. The number of fused-ring (bicyclic) bond motifs is 3. The molecule has 148 heavy (non-hydrogen) atoms. The van der Waals surface area contributed by atoms with E-state index in [-0.39, 0.29) is 16.6 Å². The SMILES string of the molecule is CCCCOc1ccc([S+]2CCCC2)c2ccccc12.CCCCOc1ccc([S+]2CCCC2C(C)C)c2ccccc12.COc1cc([S+]2CCCC2)cc(C)c1O.C[S+](C)c1ccc(O)cc1.C[S+](C)c1ccccc1.C[S+](CCl)c1ccccc1.C[S+](c1ccccc1)C1CCCCC1.Oc1ccc([S+]2CCCC2)cc1.c1ccc([S+]2CCCC2)cc1.c1ccc2c([S+]3CCCC3)ccc(OCC3CCCCCC3)c2c1. The maximum atomic E-state index is 9.74. The van der Waals surface area contributed by atoms with Crippen LogP contribution >= 0.6 is 11.6 Å². The zero-order valence-electron chi connectivity index (χ0n) is 91.2.